The maximum atomic E-state index is 13.4. The fourth-order valence-corrected chi connectivity index (χ4v) is 3.03. The zero-order valence-corrected chi connectivity index (χ0v) is 18.0. The maximum absolute atomic E-state index is 13.4. The molecule has 0 radical (unpaired) electrons. The molecule has 3 aromatic carbocycles. The van der Waals surface area contributed by atoms with Crippen molar-refractivity contribution in [2.75, 3.05) is 17.7 Å². The topological polar surface area (TPSA) is 67.4 Å². The Labute approximate surface area is 181 Å². The van der Waals surface area contributed by atoms with E-state index in [0.29, 0.717) is 22.7 Å². The number of carbonyl (C=O) groups is 2. The zero-order valence-electron chi connectivity index (χ0n) is 18.0. The number of nitrogens with one attached hydrogen (secondary N) is 2. The molecule has 0 aliphatic rings. The Hall–Kier alpha value is -3.67. The monoisotopic (exact) mass is 420 g/mol. The second-order valence-electron chi connectivity index (χ2n) is 8.16. The first-order valence-corrected chi connectivity index (χ1v) is 9.84. The third-order valence-corrected chi connectivity index (χ3v) is 4.81. The minimum absolute atomic E-state index is 0.000232. The molecule has 31 heavy (non-hydrogen) atoms. The molecular weight excluding hydrogens is 395 g/mol. The van der Waals surface area contributed by atoms with E-state index in [4.69, 9.17) is 4.74 Å². The summed E-state index contributed by atoms with van der Waals surface area (Å²) in [5.41, 5.74) is 2.68. The number of rotatable bonds is 5. The number of methoxy groups -OCH3 is 1. The standard InChI is InChI=1S/C25H25FN2O3/c1-25(2,3)18-10-8-16(9-11-18)23(29)27-20-12-13-22(31-4)21(15-20)28-24(30)17-6-5-7-19(26)14-17/h5-15H,1-4H3,(H,27,29)(H,28,30). The molecule has 0 fully saturated rings. The van der Waals surface area contributed by atoms with Gasteiger partial charge >= 0.3 is 0 Å². The van der Waals surface area contributed by atoms with Crippen LogP contribution in [0.3, 0.4) is 0 Å². The van der Waals surface area contributed by atoms with E-state index in [1.165, 1.54) is 25.3 Å². The van der Waals surface area contributed by atoms with Crippen molar-refractivity contribution in [2.45, 2.75) is 26.2 Å². The van der Waals surface area contributed by atoms with Gasteiger partial charge in [0.1, 0.15) is 11.6 Å². The number of hydrogen-bond acceptors (Lipinski definition) is 3. The van der Waals surface area contributed by atoms with E-state index in [-0.39, 0.29) is 16.9 Å². The molecule has 0 saturated heterocycles. The van der Waals surface area contributed by atoms with Crippen LogP contribution in [0.2, 0.25) is 0 Å². The highest BCUT2D eigenvalue weighted by Gasteiger charge is 2.15. The summed E-state index contributed by atoms with van der Waals surface area (Å²) in [6.07, 6.45) is 0. The van der Waals surface area contributed by atoms with Crippen LogP contribution in [0.25, 0.3) is 0 Å². The average molecular weight is 420 g/mol. The SMILES string of the molecule is COc1ccc(NC(=O)c2ccc(C(C)(C)C)cc2)cc1NC(=O)c1cccc(F)c1. The Morgan fingerprint density at radius 1 is 0.839 bits per heavy atom. The Bertz CT molecular complexity index is 1100. The van der Waals surface area contributed by atoms with Crippen LogP contribution < -0.4 is 15.4 Å². The van der Waals surface area contributed by atoms with Crippen LogP contribution in [0.1, 0.15) is 47.1 Å². The van der Waals surface area contributed by atoms with Crippen LogP contribution in [0, 0.1) is 5.82 Å². The van der Waals surface area contributed by atoms with Crippen molar-refractivity contribution in [1.29, 1.82) is 0 Å². The molecule has 0 unspecified atom stereocenters. The molecule has 160 valence electrons. The predicted molar refractivity (Wildman–Crippen MR) is 120 cm³/mol. The third kappa shape index (κ3) is 5.48. The highest BCUT2D eigenvalue weighted by atomic mass is 19.1. The van der Waals surface area contributed by atoms with Gasteiger partial charge in [0.25, 0.3) is 11.8 Å². The van der Waals surface area contributed by atoms with Gasteiger partial charge in [0.2, 0.25) is 0 Å². The molecule has 2 N–H and O–H groups in total. The highest BCUT2D eigenvalue weighted by Crippen LogP contribution is 2.29. The largest absolute Gasteiger partial charge is 0.495 e. The van der Waals surface area contributed by atoms with Gasteiger partial charge < -0.3 is 15.4 Å². The number of hydrogen-bond donors (Lipinski definition) is 2. The van der Waals surface area contributed by atoms with E-state index in [2.05, 4.69) is 31.4 Å². The van der Waals surface area contributed by atoms with Crippen molar-refractivity contribution in [2.24, 2.45) is 0 Å². The van der Waals surface area contributed by atoms with Gasteiger partial charge in [0.15, 0.2) is 0 Å². The average Bonchev–Trinajstić information content (AvgIpc) is 2.73. The molecule has 3 aromatic rings. The van der Waals surface area contributed by atoms with Crippen LogP contribution in [0.15, 0.2) is 66.7 Å². The highest BCUT2D eigenvalue weighted by molar-refractivity contribution is 6.07. The van der Waals surface area contributed by atoms with Crippen molar-refractivity contribution in [3.8, 4) is 5.75 Å². The summed E-state index contributed by atoms with van der Waals surface area (Å²) in [5, 5.41) is 5.53. The Balaban J connectivity index is 1.78. The first-order valence-electron chi connectivity index (χ1n) is 9.84. The summed E-state index contributed by atoms with van der Waals surface area (Å²) in [4.78, 5) is 25.1. The Morgan fingerprint density at radius 3 is 2.13 bits per heavy atom. The van der Waals surface area contributed by atoms with E-state index < -0.39 is 11.7 Å². The summed E-state index contributed by atoms with van der Waals surface area (Å²) >= 11 is 0. The van der Waals surface area contributed by atoms with Crippen LogP contribution in [-0.2, 0) is 5.41 Å². The van der Waals surface area contributed by atoms with Crippen LogP contribution >= 0.6 is 0 Å². The molecule has 0 aliphatic heterocycles. The number of halogens is 1. The van der Waals surface area contributed by atoms with Crippen molar-refractivity contribution in [3.63, 3.8) is 0 Å². The lowest BCUT2D eigenvalue weighted by molar-refractivity contribution is 0.101. The number of anilines is 2. The van der Waals surface area contributed by atoms with Crippen molar-refractivity contribution < 1.29 is 18.7 Å². The molecule has 2 amide bonds. The lowest BCUT2D eigenvalue weighted by atomic mass is 9.87. The van der Waals surface area contributed by atoms with E-state index in [0.717, 1.165) is 11.6 Å². The molecule has 0 heterocycles. The second kappa shape index (κ2) is 9.00. The number of benzene rings is 3. The van der Waals surface area contributed by atoms with Gasteiger partial charge in [-0.15, -0.1) is 0 Å². The van der Waals surface area contributed by atoms with Gasteiger partial charge in [-0.2, -0.15) is 0 Å². The molecule has 0 spiro atoms. The van der Waals surface area contributed by atoms with E-state index in [1.54, 1.807) is 30.3 Å². The summed E-state index contributed by atoms with van der Waals surface area (Å²) in [6.45, 7) is 6.33. The molecule has 0 aliphatic carbocycles. The predicted octanol–water partition coefficient (Wildman–Crippen LogP) is 5.64. The fourth-order valence-electron chi connectivity index (χ4n) is 3.03. The van der Waals surface area contributed by atoms with Gasteiger partial charge in [-0.25, -0.2) is 4.39 Å². The number of amides is 2. The van der Waals surface area contributed by atoms with Crippen LogP contribution in [-0.4, -0.2) is 18.9 Å². The molecule has 6 heteroatoms. The third-order valence-electron chi connectivity index (χ3n) is 4.81. The minimum Gasteiger partial charge on any atom is -0.495 e. The normalized spacial score (nSPS) is 11.0. The lowest BCUT2D eigenvalue weighted by Crippen LogP contribution is -2.15. The van der Waals surface area contributed by atoms with Gasteiger partial charge in [-0.3, -0.25) is 9.59 Å². The molecule has 0 atom stereocenters. The summed E-state index contributed by atoms with van der Waals surface area (Å²) in [6, 6.07) is 17.7. The molecule has 0 saturated carbocycles. The summed E-state index contributed by atoms with van der Waals surface area (Å²) < 4.78 is 18.7. The second-order valence-corrected chi connectivity index (χ2v) is 8.16. The Kier molecular flexibility index (Phi) is 6.39. The van der Waals surface area contributed by atoms with E-state index in [1.807, 2.05) is 12.1 Å². The fraction of sp³-hybridized carbons (Fsp3) is 0.200. The molecule has 5 nitrogen and oxygen atoms in total. The molecular formula is C25H25FN2O3. The first kappa shape index (κ1) is 22.0. The molecule has 3 rings (SSSR count). The van der Waals surface area contributed by atoms with Gasteiger partial charge in [-0.1, -0.05) is 39.0 Å². The Morgan fingerprint density at radius 2 is 1.52 bits per heavy atom. The number of carbonyl (C=O) groups excluding carboxylic acids is 2. The van der Waals surface area contributed by atoms with Gasteiger partial charge in [0.05, 0.1) is 12.8 Å². The van der Waals surface area contributed by atoms with Crippen LogP contribution in [0.4, 0.5) is 15.8 Å². The van der Waals surface area contributed by atoms with Crippen molar-refractivity contribution in [1.82, 2.24) is 0 Å². The first-order chi connectivity index (χ1) is 14.7. The maximum Gasteiger partial charge on any atom is 0.255 e. The lowest BCUT2D eigenvalue weighted by Gasteiger charge is -2.19. The van der Waals surface area contributed by atoms with E-state index >= 15 is 0 Å². The van der Waals surface area contributed by atoms with Crippen molar-refractivity contribution in [3.05, 3.63) is 89.2 Å². The summed E-state index contributed by atoms with van der Waals surface area (Å²) in [7, 11) is 1.47. The molecule has 0 aromatic heterocycles. The van der Waals surface area contributed by atoms with Crippen LogP contribution in [0.5, 0.6) is 5.75 Å². The zero-order chi connectivity index (χ0) is 22.6. The summed E-state index contributed by atoms with van der Waals surface area (Å²) in [5.74, 6) is -0.845. The molecule has 0 bridgehead atoms. The van der Waals surface area contributed by atoms with E-state index in [9.17, 15) is 14.0 Å². The van der Waals surface area contributed by atoms with Gasteiger partial charge in [0, 0.05) is 16.8 Å². The minimum atomic E-state index is -0.502. The quantitative estimate of drug-likeness (QED) is 0.562. The smallest absolute Gasteiger partial charge is 0.255 e. The van der Waals surface area contributed by atoms with Crippen molar-refractivity contribution >= 4 is 23.2 Å². The van der Waals surface area contributed by atoms with Gasteiger partial charge in [-0.05, 0) is 59.5 Å². The number of ether oxygens (including phenoxy) is 1.